The molecule has 0 aliphatic heterocycles. The van der Waals surface area contributed by atoms with E-state index in [2.05, 4.69) is 15.5 Å². The lowest BCUT2D eigenvalue weighted by Crippen LogP contribution is -2.16. The van der Waals surface area contributed by atoms with Crippen molar-refractivity contribution in [3.8, 4) is 11.1 Å². The molecule has 0 aliphatic rings. The number of rotatable bonds is 4. The Labute approximate surface area is 142 Å². The SMILES string of the molecule is NCCC(=O)Nc1n[nH]c2ccc(-c3c(Cl)cccc3Cl)cc12. The molecule has 0 fully saturated rings. The van der Waals surface area contributed by atoms with Gasteiger partial charge in [-0.3, -0.25) is 9.89 Å². The van der Waals surface area contributed by atoms with Crippen LogP contribution in [0, 0.1) is 0 Å². The number of hydrogen-bond donors (Lipinski definition) is 3. The first kappa shape index (κ1) is 15.8. The Morgan fingerprint density at radius 2 is 1.96 bits per heavy atom. The summed E-state index contributed by atoms with van der Waals surface area (Å²) in [5.41, 5.74) is 7.79. The molecule has 2 aromatic carbocycles. The van der Waals surface area contributed by atoms with Crippen LogP contribution in [0.2, 0.25) is 10.0 Å². The molecule has 0 radical (unpaired) electrons. The number of H-pyrrole nitrogens is 1. The van der Waals surface area contributed by atoms with Gasteiger partial charge in [-0.15, -0.1) is 0 Å². The van der Waals surface area contributed by atoms with E-state index in [1.54, 1.807) is 18.2 Å². The highest BCUT2D eigenvalue weighted by molar-refractivity contribution is 6.39. The van der Waals surface area contributed by atoms with Crippen molar-refractivity contribution in [1.82, 2.24) is 10.2 Å². The first-order valence-corrected chi connectivity index (χ1v) is 7.78. The van der Waals surface area contributed by atoms with Crippen LogP contribution < -0.4 is 11.1 Å². The van der Waals surface area contributed by atoms with Crippen LogP contribution >= 0.6 is 23.2 Å². The number of nitrogens with two attached hydrogens (primary N) is 1. The van der Waals surface area contributed by atoms with Gasteiger partial charge in [-0.05, 0) is 29.8 Å². The number of carbonyl (C=O) groups is 1. The van der Waals surface area contributed by atoms with Crippen LogP contribution in [0.3, 0.4) is 0 Å². The number of fused-ring (bicyclic) bond motifs is 1. The summed E-state index contributed by atoms with van der Waals surface area (Å²) in [5, 5.41) is 11.7. The third kappa shape index (κ3) is 3.17. The average molecular weight is 349 g/mol. The number of anilines is 1. The lowest BCUT2D eigenvalue weighted by Gasteiger charge is -2.08. The van der Waals surface area contributed by atoms with Gasteiger partial charge >= 0.3 is 0 Å². The molecule has 1 aromatic heterocycles. The van der Waals surface area contributed by atoms with E-state index in [0.717, 1.165) is 22.0 Å². The van der Waals surface area contributed by atoms with Gasteiger partial charge in [0.05, 0.1) is 5.52 Å². The minimum atomic E-state index is -0.179. The van der Waals surface area contributed by atoms with E-state index in [1.807, 2.05) is 18.2 Å². The number of aromatic nitrogens is 2. The molecule has 7 heteroatoms. The van der Waals surface area contributed by atoms with E-state index in [0.29, 0.717) is 15.9 Å². The van der Waals surface area contributed by atoms with Gasteiger partial charge in [-0.1, -0.05) is 35.3 Å². The molecule has 0 aliphatic carbocycles. The van der Waals surface area contributed by atoms with Gasteiger partial charge in [-0.25, -0.2) is 0 Å². The highest BCUT2D eigenvalue weighted by Crippen LogP contribution is 2.36. The summed E-state index contributed by atoms with van der Waals surface area (Å²) in [6.45, 7) is 0.286. The maximum Gasteiger partial charge on any atom is 0.226 e. The van der Waals surface area contributed by atoms with Crippen molar-refractivity contribution in [3.63, 3.8) is 0 Å². The predicted molar refractivity (Wildman–Crippen MR) is 93.9 cm³/mol. The zero-order chi connectivity index (χ0) is 16.4. The summed E-state index contributed by atoms with van der Waals surface area (Å²) in [5.74, 6) is 0.283. The van der Waals surface area contributed by atoms with E-state index < -0.39 is 0 Å². The summed E-state index contributed by atoms with van der Waals surface area (Å²) < 4.78 is 0. The monoisotopic (exact) mass is 348 g/mol. The number of aromatic amines is 1. The number of nitrogens with one attached hydrogen (secondary N) is 2. The Hall–Kier alpha value is -2.08. The van der Waals surface area contributed by atoms with Crippen LogP contribution in [0.5, 0.6) is 0 Å². The average Bonchev–Trinajstić information content (AvgIpc) is 2.90. The molecule has 0 bridgehead atoms. The first-order chi connectivity index (χ1) is 11.1. The molecule has 118 valence electrons. The van der Waals surface area contributed by atoms with E-state index >= 15 is 0 Å². The van der Waals surface area contributed by atoms with Crippen LogP contribution in [-0.2, 0) is 4.79 Å². The fraction of sp³-hybridized carbons (Fsp3) is 0.125. The van der Waals surface area contributed by atoms with Crippen molar-refractivity contribution in [2.24, 2.45) is 5.73 Å². The highest BCUT2D eigenvalue weighted by Gasteiger charge is 2.13. The standard InChI is InChI=1S/C16H14Cl2N4O/c17-11-2-1-3-12(18)15(11)9-4-5-13-10(8-9)16(22-21-13)20-14(23)6-7-19/h1-5,8H,6-7,19H2,(H2,20,21,22,23). The largest absolute Gasteiger partial charge is 0.330 e. The zero-order valence-electron chi connectivity index (χ0n) is 12.1. The highest BCUT2D eigenvalue weighted by atomic mass is 35.5. The predicted octanol–water partition coefficient (Wildman–Crippen LogP) is 3.82. The molecule has 1 heterocycles. The summed E-state index contributed by atoms with van der Waals surface area (Å²) in [4.78, 5) is 11.7. The molecule has 5 nitrogen and oxygen atoms in total. The topological polar surface area (TPSA) is 83.8 Å². The second-order valence-electron chi connectivity index (χ2n) is 5.02. The number of nitrogens with zero attached hydrogens (tertiary/aromatic N) is 1. The van der Waals surface area contributed by atoms with Crippen molar-refractivity contribution in [2.75, 3.05) is 11.9 Å². The maximum atomic E-state index is 11.7. The van der Waals surface area contributed by atoms with Crippen molar-refractivity contribution < 1.29 is 4.79 Å². The molecule has 3 rings (SSSR count). The quantitative estimate of drug-likeness (QED) is 0.669. The minimum Gasteiger partial charge on any atom is -0.330 e. The van der Waals surface area contributed by atoms with Crippen LogP contribution in [-0.4, -0.2) is 22.6 Å². The van der Waals surface area contributed by atoms with Gasteiger partial charge in [0, 0.05) is 34.0 Å². The van der Waals surface area contributed by atoms with Crippen molar-refractivity contribution in [2.45, 2.75) is 6.42 Å². The number of halogens is 2. The zero-order valence-corrected chi connectivity index (χ0v) is 13.6. The third-order valence-electron chi connectivity index (χ3n) is 3.44. The van der Waals surface area contributed by atoms with E-state index in [-0.39, 0.29) is 18.9 Å². The summed E-state index contributed by atoms with van der Waals surface area (Å²) in [7, 11) is 0. The molecule has 0 spiro atoms. The second kappa shape index (κ2) is 6.58. The third-order valence-corrected chi connectivity index (χ3v) is 4.07. The van der Waals surface area contributed by atoms with Gasteiger partial charge in [0.2, 0.25) is 5.91 Å². The molecule has 0 atom stereocenters. The lowest BCUT2D eigenvalue weighted by molar-refractivity contribution is -0.116. The summed E-state index contributed by atoms with van der Waals surface area (Å²) >= 11 is 12.5. The van der Waals surface area contributed by atoms with Gasteiger partial charge in [0.15, 0.2) is 5.82 Å². The molecule has 0 unspecified atom stereocenters. The Morgan fingerprint density at radius 1 is 1.22 bits per heavy atom. The molecular formula is C16H14Cl2N4O. The number of benzene rings is 2. The number of amides is 1. The molecule has 4 N–H and O–H groups in total. The van der Waals surface area contributed by atoms with Crippen molar-refractivity contribution in [1.29, 1.82) is 0 Å². The Bertz CT molecular complexity index is 855. The minimum absolute atomic E-state index is 0.179. The molecule has 3 aromatic rings. The van der Waals surface area contributed by atoms with Gasteiger partial charge in [-0.2, -0.15) is 5.10 Å². The molecular weight excluding hydrogens is 335 g/mol. The van der Waals surface area contributed by atoms with E-state index in [4.69, 9.17) is 28.9 Å². The van der Waals surface area contributed by atoms with Crippen LogP contribution in [0.1, 0.15) is 6.42 Å². The van der Waals surface area contributed by atoms with Crippen molar-refractivity contribution in [3.05, 3.63) is 46.4 Å². The molecule has 23 heavy (non-hydrogen) atoms. The Balaban J connectivity index is 2.06. The summed E-state index contributed by atoms with van der Waals surface area (Å²) in [6.07, 6.45) is 0.240. The first-order valence-electron chi connectivity index (χ1n) is 7.02. The fourth-order valence-electron chi connectivity index (χ4n) is 2.36. The van der Waals surface area contributed by atoms with Gasteiger partial charge < -0.3 is 11.1 Å². The number of carbonyl (C=O) groups excluding carboxylic acids is 1. The maximum absolute atomic E-state index is 11.7. The lowest BCUT2D eigenvalue weighted by atomic mass is 10.0. The van der Waals surface area contributed by atoms with Crippen molar-refractivity contribution >= 4 is 45.8 Å². The molecule has 0 saturated heterocycles. The Kier molecular flexibility index (Phi) is 4.52. The normalized spacial score (nSPS) is 10.9. The van der Waals surface area contributed by atoms with Gasteiger partial charge in [0.1, 0.15) is 0 Å². The second-order valence-corrected chi connectivity index (χ2v) is 5.83. The summed E-state index contributed by atoms with van der Waals surface area (Å²) in [6, 6.07) is 11.0. The Morgan fingerprint density at radius 3 is 2.65 bits per heavy atom. The van der Waals surface area contributed by atoms with E-state index in [1.165, 1.54) is 0 Å². The molecule has 1 amide bonds. The van der Waals surface area contributed by atoms with Gasteiger partial charge in [0.25, 0.3) is 0 Å². The molecule has 0 saturated carbocycles. The van der Waals surface area contributed by atoms with Crippen LogP contribution in [0.25, 0.3) is 22.0 Å². The number of hydrogen-bond acceptors (Lipinski definition) is 3. The smallest absolute Gasteiger partial charge is 0.226 e. The van der Waals surface area contributed by atoms with Crippen LogP contribution in [0.4, 0.5) is 5.82 Å². The fourth-order valence-corrected chi connectivity index (χ4v) is 2.98. The van der Waals surface area contributed by atoms with E-state index in [9.17, 15) is 4.79 Å². The van der Waals surface area contributed by atoms with Crippen LogP contribution in [0.15, 0.2) is 36.4 Å².